The summed E-state index contributed by atoms with van der Waals surface area (Å²) in [4.78, 5) is 37.6. The Morgan fingerprint density at radius 3 is 2.46 bits per heavy atom. The molecule has 3 N–H and O–H groups in total. The highest BCUT2D eigenvalue weighted by atomic mass is 35.5. The molecule has 1 saturated heterocycles. The van der Waals surface area contributed by atoms with Crippen molar-refractivity contribution in [2.24, 2.45) is 5.92 Å². The number of hydrogen-bond acceptors (Lipinski definition) is 4. The predicted molar refractivity (Wildman–Crippen MR) is 107 cm³/mol. The molecule has 2 heterocycles. The largest absolute Gasteiger partial charge is 0.344 e. The Kier molecular flexibility index (Phi) is 5.12. The van der Waals surface area contributed by atoms with Crippen LogP contribution in [0.3, 0.4) is 0 Å². The molecule has 0 bridgehead atoms. The molecule has 146 valence electrons. The summed E-state index contributed by atoms with van der Waals surface area (Å²) in [6, 6.07) is 10.7. The van der Waals surface area contributed by atoms with Crippen LogP contribution < -0.4 is 16.0 Å². The number of nitrogens with one attached hydrogen (secondary N) is 3. The standard InChI is InChI=1S/C20H20ClN3O3S/c21-14-5-3-12(4-6-14)16(15-2-1-11-28-15)22-17(25)13-7-9-20(10-8-13)18(26)23-19(27)24-20/h1-6,11,13,16H,7-10H2,(H,22,25)(H2,23,24,26,27). The molecule has 1 aliphatic heterocycles. The summed E-state index contributed by atoms with van der Waals surface area (Å²) in [6.45, 7) is 0. The fourth-order valence-corrected chi connectivity index (χ4v) is 4.87. The van der Waals surface area contributed by atoms with Crippen molar-refractivity contribution in [3.63, 3.8) is 0 Å². The zero-order valence-corrected chi connectivity index (χ0v) is 16.6. The molecular formula is C20H20ClN3O3S. The van der Waals surface area contributed by atoms with Gasteiger partial charge in [-0.1, -0.05) is 29.8 Å². The van der Waals surface area contributed by atoms with Crippen LogP contribution in [-0.4, -0.2) is 23.4 Å². The highest BCUT2D eigenvalue weighted by Crippen LogP contribution is 2.35. The number of rotatable bonds is 4. The van der Waals surface area contributed by atoms with Crippen molar-refractivity contribution in [3.05, 3.63) is 57.2 Å². The molecule has 1 atom stereocenters. The van der Waals surface area contributed by atoms with Gasteiger partial charge in [0.15, 0.2) is 0 Å². The first-order valence-electron chi connectivity index (χ1n) is 9.20. The SMILES string of the molecule is O=C1NC(=O)C2(CCC(C(=O)NC(c3ccc(Cl)cc3)c3cccs3)CC2)N1. The van der Waals surface area contributed by atoms with Crippen LogP contribution in [0.4, 0.5) is 4.79 Å². The normalized spacial score (nSPS) is 25.2. The van der Waals surface area contributed by atoms with Crippen molar-refractivity contribution in [3.8, 4) is 0 Å². The summed E-state index contributed by atoms with van der Waals surface area (Å²) in [5, 5.41) is 10.8. The number of halogens is 1. The molecule has 0 radical (unpaired) electrons. The number of carbonyl (C=O) groups is 3. The summed E-state index contributed by atoms with van der Waals surface area (Å²) in [5.74, 6) is -0.507. The molecule has 2 fully saturated rings. The van der Waals surface area contributed by atoms with E-state index in [1.165, 1.54) is 0 Å². The highest BCUT2D eigenvalue weighted by Gasteiger charge is 2.49. The molecule has 4 amide bonds. The van der Waals surface area contributed by atoms with Crippen molar-refractivity contribution in [2.75, 3.05) is 0 Å². The van der Waals surface area contributed by atoms with E-state index in [0.717, 1.165) is 10.4 Å². The van der Waals surface area contributed by atoms with Gasteiger partial charge in [-0.05, 0) is 54.8 Å². The van der Waals surface area contributed by atoms with Gasteiger partial charge in [0.05, 0.1) is 6.04 Å². The average Bonchev–Trinajstić information content (AvgIpc) is 3.30. The number of thiophene rings is 1. The van der Waals surface area contributed by atoms with E-state index in [9.17, 15) is 14.4 Å². The van der Waals surface area contributed by atoms with Crippen LogP contribution in [0.25, 0.3) is 0 Å². The highest BCUT2D eigenvalue weighted by molar-refractivity contribution is 7.10. The van der Waals surface area contributed by atoms with Gasteiger partial charge in [-0.25, -0.2) is 4.79 Å². The van der Waals surface area contributed by atoms with Gasteiger partial charge in [-0.2, -0.15) is 0 Å². The zero-order chi connectivity index (χ0) is 19.7. The molecule has 1 aromatic heterocycles. The first-order valence-corrected chi connectivity index (χ1v) is 10.5. The Morgan fingerprint density at radius 1 is 1.18 bits per heavy atom. The maximum Gasteiger partial charge on any atom is 0.322 e. The Bertz CT molecular complexity index is 890. The fraction of sp³-hybridized carbons (Fsp3) is 0.350. The molecule has 1 saturated carbocycles. The number of carbonyl (C=O) groups excluding carboxylic acids is 3. The zero-order valence-electron chi connectivity index (χ0n) is 15.0. The number of imide groups is 1. The fourth-order valence-electron chi connectivity index (χ4n) is 3.94. The van der Waals surface area contributed by atoms with Crippen LogP contribution in [0.5, 0.6) is 0 Å². The number of benzene rings is 1. The maximum absolute atomic E-state index is 13.0. The van der Waals surface area contributed by atoms with Crippen LogP contribution in [0.2, 0.25) is 5.02 Å². The summed E-state index contributed by atoms with van der Waals surface area (Å²) < 4.78 is 0. The van der Waals surface area contributed by atoms with Crippen LogP contribution in [0.15, 0.2) is 41.8 Å². The first-order chi connectivity index (χ1) is 13.5. The number of urea groups is 1. The van der Waals surface area contributed by atoms with E-state index in [1.807, 2.05) is 41.8 Å². The summed E-state index contributed by atoms with van der Waals surface area (Å²) in [6.07, 6.45) is 2.04. The van der Waals surface area contributed by atoms with E-state index in [0.29, 0.717) is 30.7 Å². The molecule has 2 aromatic rings. The second-order valence-electron chi connectivity index (χ2n) is 7.27. The third-order valence-electron chi connectivity index (χ3n) is 5.54. The lowest BCUT2D eigenvalue weighted by Crippen LogP contribution is -2.51. The van der Waals surface area contributed by atoms with Crippen LogP contribution in [-0.2, 0) is 9.59 Å². The van der Waals surface area contributed by atoms with Gasteiger partial charge in [0.1, 0.15) is 5.54 Å². The van der Waals surface area contributed by atoms with Crippen molar-refractivity contribution in [1.82, 2.24) is 16.0 Å². The van der Waals surface area contributed by atoms with Crippen LogP contribution in [0, 0.1) is 5.92 Å². The molecule has 1 unspecified atom stereocenters. The van der Waals surface area contributed by atoms with Gasteiger partial charge in [0.2, 0.25) is 5.91 Å². The molecule has 1 aliphatic carbocycles. The number of hydrogen-bond donors (Lipinski definition) is 3. The summed E-state index contributed by atoms with van der Waals surface area (Å²) >= 11 is 7.59. The van der Waals surface area contributed by atoms with Gasteiger partial charge < -0.3 is 10.6 Å². The number of amides is 4. The van der Waals surface area contributed by atoms with Crippen molar-refractivity contribution in [2.45, 2.75) is 37.3 Å². The topological polar surface area (TPSA) is 87.3 Å². The van der Waals surface area contributed by atoms with E-state index in [4.69, 9.17) is 11.6 Å². The predicted octanol–water partition coefficient (Wildman–Crippen LogP) is 3.38. The minimum atomic E-state index is -0.850. The maximum atomic E-state index is 13.0. The van der Waals surface area contributed by atoms with Crippen LogP contribution in [0.1, 0.15) is 42.2 Å². The summed E-state index contributed by atoms with van der Waals surface area (Å²) in [7, 11) is 0. The van der Waals surface area contributed by atoms with E-state index < -0.39 is 11.6 Å². The molecule has 8 heteroatoms. The average molecular weight is 418 g/mol. The van der Waals surface area contributed by atoms with E-state index in [-0.39, 0.29) is 23.8 Å². The lowest BCUT2D eigenvalue weighted by molar-refractivity contribution is -0.130. The third kappa shape index (κ3) is 3.64. The molecule has 1 spiro atoms. The minimum absolute atomic E-state index is 0.0343. The molecule has 28 heavy (non-hydrogen) atoms. The molecule has 1 aromatic carbocycles. The van der Waals surface area contributed by atoms with Crippen LogP contribution >= 0.6 is 22.9 Å². The van der Waals surface area contributed by atoms with E-state index in [2.05, 4.69) is 16.0 Å². The molecule has 6 nitrogen and oxygen atoms in total. The second kappa shape index (κ2) is 7.56. The van der Waals surface area contributed by atoms with Gasteiger partial charge in [0.25, 0.3) is 5.91 Å². The lowest BCUT2D eigenvalue weighted by Gasteiger charge is -2.34. The van der Waals surface area contributed by atoms with Crippen molar-refractivity contribution in [1.29, 1.82) is 0 Å². The third-order valence-corrected chi connectivity index (χ3v) is 6.73. The Balaban J connectivity index is 1.46. The van der Waals surface area contributed by atoms with Crippen molar-refractivity contribution >= 4 is 40.8 Å². The Labute approximate surface area is 171 Å². The van der Waals surface area contributed by atoms with Gasteiger partial charge in [0, 0.05) is 15.8 Å². The van der Waals surface area contributed by atoms with Crippen molar-refractivity contribution < 1.29 is 14.4 Å². The second-order valence-corrected chi connectivity index (χ2v) is 8.69. The minimum Gasteiger partial charge on any atom is -0.344 e. The Morgan fingerprint density at radius 2 is 1.89 bits per heavy atom. The van der Waals surface area contributed by atoms with Gasteiger partial charge in [-0.15, -0.1) is 11.3 Å². The van der Waals surface area contributed by atoms with Gasteiger partial charge in [-0.3, -0.25) is 14.9 Å². The Hall–Kier alpha value is -2.38. The quantitative estimate of drug-likeness (QED) is 0.666. The monoisotopic (exact) mass is 417 g/mol. The van der Waals surface area contributed by atoms with E-state index in [1.54, 1.807) is 11.3 Å². The van der Waals surface area contributed by atoms with E-state index >= 15 is 0 Å². The lowest BCUT2D eigenvalue weighted by atomic mass is 9.76. The molecular weight excluding hydrogens is 398 g/mol. The molecule has 2 aliphatic rings. The molecule has 4 rings (SSSR count). The van der Waals surface area contributed by atoms with Gasteiger partial charge >= 0.3 is 6.03 Å². The first kappa shape index (κ1) is 19.0. The smallest absolute Gasteiger partial charge is 0.322 e. The summed E-state index contributed by atoms with van der Waals surface area (Å²) in [5.41, 5.74) is 0.118.